The predicted octanol–water partition coefficient (Wildman–Crippen LogP) is 1.68. The highest BCUT2D eigenvalue weighted by Crippen LogP contribution is 2.57. The molecule has 2 fully saturated rings. The van der Waals surface area contributed by atoms with Gasteiger partial charge in [0.15, 0.2) is 0 Å². The number of carboxylic acid groups (broad SMARTS) is 1. The summed E-state index contributed by atoms with van der Waals surface area (Å²) in [6, 6.07) is 0. The molecule has 2 unspecified atom stereocenters. The molecule has 84 valence electrons. The van der Waals surface area contributed by atoms with Crippen LogP contribution in [-0.2, 0) is 4.79 Å². The fourth-order valence-corrected chi connectivity index (χ4v) is 2.54. The van der Waals surface area contributed by atoms with Gasteiger partial charge < -0.3 is 9.52 Å². The third-order valence-corrected chi connectivity index (χ3v) is 3.42. The number of nitrogens with zero attached hydrogens (tertiary/aromatic N) is 2. The summed E-state index contributed by atoms with van der Waals surface area (Å²) >= 11 is 0. The zero-order valence-electron chi connectivity index (χ0n) is 8.67. The number of aliphatic carboxylic acids is 1. The van der Waals surface area contributed by atoms with E-state index in [0.29, 0.717) is 11.8 Å². The minimum atomic E-state index is -1.01. The lowest BCUT2D eigenvalue weighted by atomic mass is 10.0. The Morgan fingerprint density at radius 2 is 2.06 bits per heavy atom. The van der Waals surface area contributed by atoms with E-state index in [2.05, 4.69) is 10.2 Å². The van der Waals surface area contributed by atoms with Crippen LogP contribution in [-0.4, -0.2) is 21.3 Å². The number of rotatable bonds is 3. The average Bonchev–Trinajstić information content (AvgIpc) is 2.71. The summed E-state index contributed by atoms with van der Waals surface area (Å²) in [6.45, 7) is 0. The van der Waals surface area contributed by atoms with Crippen LogP contribution in [0.5, 0.6) is 0 Å². The number of carbonyl (C=O) groups is 1. The zero-order valence-corrected chi connectivity index (χ0v) is 8.67. The van der Waals surface area contributed by atoms with Crippen LogP contribution < -0.4 is 0 Å². The van der Waals surface area contributed by atoms with Gasteiger partial charge in [0, 0.05) is 18.1 Å². The van der Waals surface area contributed by atoms with Gasteiger partial charge in [-0.15, -0.1) is 10.2 Å². The van der Waals surface area contributed by atoms with Crippen LogP contribution in [0.2, 0.25) is 0 Å². The Kier molecular flexibility index (Phi) is 2.05. The summed E-state index contributed by atoms with van der Waals surface area (Å²) in [5, 5.41) is 16.2. The highest BCUT2D eigenvalue weighted by atomic mass is 16.4. The van der Waals surface area contributed by atoms with Crippen LogP contribution in [0.1, 0.15) is 37.0 Å². The molecular formula is C11H12N2O3. The second-order valence-corrected chi connectivity index (χ2v) is 4.57. The molecule has 1 aromatic rings. The second-order valence-electron chi connectivity index (χ2n) is 4.57. The number of hydrogen-bond acceptors (Lipinski definition) is 4. The minimum Gasteiger partial charge on any atom is -0.478 e. The van der Waals surface area contributed by atoms with Crippen molar-refractivity contribution in [3.63, 3.8) is 0 Å². The van der Waals surface area contributed by atoms with E-state index in [0.717, 1.165) is 30.8 Å². The van der Waals surface area contributed by atoms with Gasteiger partial charge in [0.25, 0.3) is 0 Å². The molecule has 3 rings (SSSR count). The van der Waals surface area contributed by atoms with Gasteiger partial charge >= 0.3 is 5.97 Å². The van der Waals surface area contributed by atoms with E-state index >= 15 is 0 Å². The summed E-state index contributed by atoms with van der Waals surface area (Å²) in [6.07, 6.45) is 5.98. The molecule has 5 heteroatoms. The summed E-state index contributed by atoms with van der Waals surface area (Å²) in [7, 11) is 0. The molecule has 16 heavy (non-hydrogen) atoms. The van der Waals surface area contributed by atoms with Gasteiger partial charge in [-0.05, 0) is 31.1 Å². The highest BCUT2D eigenvalue weighted by molar-refractivity contribution is 5.84. The van der Waals surface area contributed by atoms with Gasteiger partial charge in [0.05, 0.1) is 0 Å². The molecule has 0 saturated heterocycles. The first kappa shape index (κ1) is 9.57. The van der Waals surface area contributed by atoms with Crippen molar-refractivity contribution in [3.05, 3.63) is 17.9 Å². The van der Waals surface area contributed by atoms with Crippen LogP contribution in [0.15, 0.2) is 10.5 Å². The molecule has 2 saturated carbocycles. The van der Waals surface area contributed by atoms with E-state index in [1.165, 1.54) is 12.5 Å². The molecule has 0 aromatic carbocycles. The number of aromatic nitrogens is 2. The third-order valence-electron chi connectivity index (χ3n) is 3.42. The number of fused-ring (bicyclic) bond motifs is 1. The van der Waals surface area contributed by atoms with E-state index in [4.69, 9.17) is 9.52 Å². The molecule has 2 aliphatic carbocycles. The summed E-state index contributed by atoms with van der Waals surface area (Å²) in [5.41, 5.74) is 0. The smallest absolute Gasteiger partial charge is 0.328 e. The van der Waals surface area contributed by atoms with Crippen molar-refractivity contribution < 1.29 is 14.3 Å². The van der Waals surface area contributed by atoms with Crippen LogP contribution in [0.25, 0.3) is 6.08 Å². The molecule has 1 heterocycles. The molecule has 0 amide bonds. The normalized spacial score (nSPS) is 31.9. The Bertz CT molecular complexity index is 442. The van der Waals surface area contributed by atoms with E-state index in [1.54, 1.807) is 0 Å². The number of hydrogen-bond donors (Lipinski definition) is 1. The lowest BCUT2D eigenvalue weighted by Gasteiger charge is -2.04. The zero-order chi connectivity index (χ0) is 11.1. The van der Waals surface area contributed by atoms with Crippen LogP contribution in [0, 0.1) is 11.8 Å². The van der Waals surface area contributed by atoms with Crippen molar-refractivity contribution in [2.24, 2.45) is 11.8 Å². The molecular weight excluding hydrogens is 208 g/mol. The number of carboxylic acids is 1. The molecule has 0 radical (unpaired) electrons. The molecule has 0 bridgehead atoms. The van der Waals surface area contributed by atoms with Gasteiger partial charge in [0.1, 0.15) is 0 Å². The van der Waals surface area contributed by atoms with Crippen LogP contribution in [0.4, 0.5) is 0 Å². The van der Waals surface area contributed by atoms with Gasteiger partial charge in [-0.3, -0.25) is 0 Å². The Hall–Kier alpha value is -1.65. The summed E-state index contributed by atoms with van der Waals surface area (Å²) < 4.78 is 5.41. The second kappa shape index (κ2) is 3.43. The standard InChI is InChI=1S/C11H12N2O3/c14-10(15)2-1-9-12-13-11(16-9)8-4-6-3-7(6)5-8/h1-2,6-8H,3-5H2,(H,14,15)/b2-1+. The highest BCUT2D eigenvalue weighted by Gasteiger charge is 2.47. The molecule has 2 aliphatic rings. The van der Waals surface area contributed by atoms with Crippen molar-refractivity contribution in [2.45, 2.75) is 25.2 Å². The van der Waals surface area contributed by atoms with Crippen LogP contribution in [0.3, 0.4) is 0 Å². The fourth-order valence-electron chi connectivity index (χ4n) is 2.54. The lowest BCUT2D eigenvalue weighted by molar-refractivity contribution is -0.131. The third kappa shape index (κ3) is 1.73. The van der Waals surface area contributed by atoms with Crippen molar-refractivity contribution in [1.82, 2.24) is 10.2 Å². The van der Waals surface area contributed by atoms with E-state index in [9.17, 15) is 4.79 Å². The largest absolute Gasteiger partial charge is 0.478 e. The maximum absolute atomic E-state index is 10.3. The first-order chi connectivity index (χ1) is 7.72. The molecule has 1 N–H and O–H groups in total. The molecule has 0 spiro atoms. The monoisotopic (exact) mass is 220 g/mol. The molecule has 2 atom stereocenters. The average molecular weight is 220 g/mol. The summed E-state index contributed by atoms with van der Waals surface area (Å²) in [4.78, 5) is 10.3. The predicted molar refractivity (Wildman–Crippen MR) is 54.5 cm³/mol. The maximum atomic E-state index is 10.3. The lowest BCUT2D eigenvalue weighted by Crippen LogP contribution is -1.95. The van der Waals surface area contributed by atoms with Crippen molar-refractivity contribution >= 4 is 12.0 Å². The topological polar surface area (TPSA) is 76.2 Å². The first-order valence-corrected chi connectivity index (χ1v) is 5.47. The first-order valence-electron chi connectivity index (χ1n) is 5.47. The molecule has 0 aliphatic heterocycles. The maximum Gasteiger partial charge on any atom is 0.328 e. The SMILES string of the molecule is O=C(O)/C=C/c1nnc(C2CC3CC3C2)o1. The Morgan fingerprint density at radius 1 is 1.31 bits per heavy atom. The van der Waals surface area contributed by atoms with E-state index in [-0.39, 0.29) is 5.89 Å². The van der Waals surface area contributed by atoms with Crippen LogP contribution >= 0.6 is 0 Å². The Balaban J connectivity index is 1.70. The molecule has 1 aromatic heterocycles. The van der Waals surface area contributed by atoms with Crippen molar-refractivity contribution in [1.29, 1.82) is 0 Å². The van der Waals surface area contributed by atoms with E-state index in [1.807, 2.05) is 0 Å². The molecule has 5 nitrogen and oxygen atoms in total. The van der Waals surface area contributed by atoms with E-state index < -0.39 is 5.97 Å². The van der Waals surface area contributed by atoms with Gasteiger partial charge in [-0.1, -0.05) is 0 Å². The van der Waals surface area contributed by atoms with Crippen molar-refractivity contribution in [2.75, 3.05) is 0 Å². The summed E-state index contributed by atoms with van der Waals surface area (Å²) in [5.74, 6) is 2.06. The minimum absolute atomic E-state index is 0.276. The van der Waals surface area contributed by atoms with Gasteiger partial charge in [0.2, 0.25) is 11.8 Å². The Morgan fingerprint density at radius 3 is 2.75 bits per heavy atom. The van der Waals surface area contributed by atoms with Gasteiger partial charge in [-0.2, -0.15) is 0 Å². The fraction of sp³-hybridized carbons (Fsp3) is 0.545. The Labute approximate surface area is 92.2 Å². The van der Waals surface area contributed by atoms with Crippen molar-refractivity contribution in [3.8, 4) is 0 Å². The quantitative estimate of drug-likeness (QED) is 0.784. The van der Waals surface area contributed by atoms with Gasteiger partial charge in [-0.25, -0.2) is 4.79 Å².